The van der Waals surface area contributed by atoms with Gasteiger partial charge in [-0.15, -0.1) is 0 Å². The van der Waals surface area contributed by atoms with Gasteiger partial charge in [0.25, 0.3) is 0 Å². The van der Waals surface area contributed by atoms with E-state index in [1.165, 1.54) is 0 Å². The van der Waals surface area contributed by atoms with Crippen molar-refractivity contribution in [3.05, 3.63) is 0 Å². The number of nitrogens with two attached hydrogens (primary N) is 2. The van der Waals surface area contributed by atoms with Crippen molar-refractivity contribution in [3.63, 3.8) is 0 Å². The summed E-state index contributed by atoms with van der Waals surface area (Å²) in [7, 11) is 0. The van der Waals surface area contributed by atoms with Crippen LogP contribution in [0.3, 0.4) is 0 Å². The molecule has 3 amide bonds. The Kier molecular flexibility index (Phi) is 3.71. The van der Waals surface area contributed by atoms with Crippen molar-refractivity contribution in [1.82, 2.24) is 5.32 Å². The minimum absolute atomic E-state index is 0.474. The summed E-state index contributed by atoms with van der Waals surface area (Å²) in [5.74, 6) is -2.12. The predicted molar refractivity (Wildman–Crippen MR) is 38.0 cm³/mol. The van der Waals surface area contributed by atoms with Gasteiger partial charge in [-0.3, -0.25) is 14.9 Å². The van der Waals surface area contributed by atoms with Crippen LogP contribution in [0.2, 0.25) is 0 Å². The van der Waals surface area contributed by atoms with E-state index < -0.39 is 30.4 Å². The second-order valence-electron chi connectivity index (χ2n) is 2.06. The zero-order valence-electron chi connectivity index (χ0n) is 6.11. The van der Waals surface area contributed by atoms with Crippen LogP contribution in [-0.2, 0) is 9.59 Å². The summed E-state index contributed by atoms with van der Waals surface area (Å²) in [4.78, 5) is 30.8. The summed E-state index contributed by atoms with van der Waals surface area (Å²) in [6, 6.07) is -2.35. The van der Waals surface area contributed by atoms with Crippen molar-refractivity contribution < 1.29 is 19.5 Å². The fourth-order valence-electron chi connectivity index (χ4n) is 0.475. The first-order valence-corrected chi connectivity index (χ1v) is 3.01. The smallest absolute Gasteiger partial charge is 0.321 e. The summed E-state index contributed by atoms with van der Waals surface area (Å²) < 4.78 is 0. The Balaban J connectivity index is 3.85. The molecule has 0 aliphatic carbocycles. The molecule has 0 aromatic heterocycles. The zero-order chi connectivity index (χ0) is 9.72. The number of carboxylic acid groups (broad SMARTS) is 1. The number of primary amides is 1. The molecule has 7 nitrogen and oxygen atoms in total. The lowest BCUT2D eigenvalue weighted by atomic mass is 10.2. The Labute approximate surface area is 67.7 Å². The quantitative estimate of drug-likeness (QED) is 0.392. The molecule has 0 aromatic rings. The van der Waals surface area contributed by atoms with E-state index in [4.69, 9.17) is 10.8 Å². The average molecular weight is 175 g/mol. The molecule has 0 unspecified atom stereocenters. The normalized spacial score (nSPS) is 11.8. The van der Waals surface area contributed by atoms with Gasteiger partial charge in [0.2, 0.25) is 5.91 Å². The van der Waals surface area contributed by atoms with E-state index in [0.29, 0.717) is 0 Å². The maximum atomic E-state index is 10.6. The summed E-state index contributed by atoms with van der Waals surface area (Å²) in [5.41, 5.74) is 9.57. The van der Waals surface area contributed by atoms with Crippen molar-refractivity contribution in [1.29, 1.82) is 0 Å². The van der Waals surface area contributed by atoms with Crippen LogP contribution in [0.4, 0.5) is 4.79 Å². The minimum atomic E-state index is -1.32. The van der Waals surface area contributed by atoms with Gasteiger partial charge in [0.1, 0.15) is 6.04 Å². The lowest BCUT2D eigenvalue weighted by Crippen LogP contribution is -2.41. The predicted octanol–water partition coefficient (Wildman–Crippen LogP) is -2.02. The summed E-state index contributed by atoms with van der Waals surface area (Å²) in [6.45, 7) is 0. The number of carboxylic acids is 1. The Bertz CT molecular complexity index is 215. The van der Waals surface area contributed by atoms with Crippen molar-refractivity contribution in [3.8, 4) is 0 Å². The van der Waals surface area contributed by atoms with Crippen LogP contribution in [-0.4, -0.2) is 29.1 Å². The standard InChI is InChI=1S/C5H9N3O4/c6-2(4(10)11)1-3(9)8-5(7)12/h2H,1,6H2,(H,10,11)(H3,7,8,9,12)/t2-/m0/s1. The second kappa shape index (κ2) is 4.29. The number of carbonyl (C=O) groups is 3. The van der Waals surface area contributed by atoms with Crippen molar-refractivity contribution in [2.24, 2.45) is 11.5 Å². The molecule has 0 fully saturated rings. The average Bonchev–Trinajstić information content (AvgIpc) is 1.84. The third-order valence-corrected chi connectivity index (χ3v) is 0.985. The molecule has 0 radical (unpaired) electrons. The molecule has 7 heteroatoms. The molecule has 0 aliphatic rings. The van der Waals surface area contributed by atoms with Crippen LogP contribution in [0.5, 0.6) is 0 Å². The van der Waals surface area contributed by atoms with E-state index in [1.807, 2.05) is 0 Å². The van der Waals surface area contributed by atoms with Gasteiger partial charge in [-0.1, -0.05) is 0 Å². The first kappa shape index (κ1) is 10.4. The molecule has 0 rings (SSSR count). The van der Waals surface area contributed by atoms with Crippen LogP contribution in [0.15, 0.2) is 0 Å². The highest BCUT2D eigenvalue weighted by molar-refractivity contribution is 5.95. The van der Waals surface area contributed by atoms with Gasteiger partial charge in [-0.05, 0) is 0 Å². The minimum Gasteiger partial charge on any atom is -0.480 e. The molecule has 0 aromatic carbocycles. The van der Waals surface area contributed by atoms with Gasteiger partial charge in [-0.25, -0.2) is 4.79 Å². The molecular formula is C5H9N3O4. The van der Waals surface area contributed by atoms with E-state index in [1.54, 1.807) is 5.32 Å². The molecule has 68 valence electrons. The molecule has 0 saturated carbocycles. The number of nitrogens with one attached hydrogen (secondary N) is 1. The van der Waals surface area contributed by atoms with Gasteiger partial charge in [0, 0.05) is 0 Å². The number of hydrogen-bond donors (Lipinski definition) is 4. The lowest BCUT2D eigenvalue weighted by Gasteiger charge is -2.04. The highest BCUT2D eigenvalue weighted by Gasteiger charge is 2.16. The maximum Gasteiger partial charge on any atom is 0.321 e. The highest BCUT2D eigenvalue weighted by Crippen LogP contribution is 1.87. The van der Waals surface area contributed by atoms with E-state index in [9.17, 15) is 14.4 Å². The maximum absolute atomic E-state index is 10.6. The Hall–Kier alpha value is -1.63. The number of rotatable bonds is 3. The fraction of sp³-hybridized carbons (Fsp3) is 0.400. The third-order valence-electron chi connectivity index (χ3n) is 0.985. The van der Waals surface area contributed by atoms with Gasteiger partial charge >= 0.3 is 12.0 Å². The number of imide groups is 1. The monoisotopic (exact) mass is 175 g/mol. The zero-order valence-corrected chi connectivity index (χ0v) is 6.11. The van der Waals surface area contributed by atoms with Gasteiger partial charge in [-0.2, -0.15) is 0 Å². The largest absolute Gasteiger partial charge is 0.480 e. The summed E-state index contributed by atoms with van der Waals surface area (Å²) >= 11 is 0. The van der Waals surface area contributed by atoms with E-state index in [-0.39, 0.29) is 0 Å². The van der Waals surface area contributed by atoms with Gasteiger partial charge < -0.3 is 16.6 Å². The Morgan fingerprint density at radius 1 is 1.42 bits per heavy atom. The van der Waals surface area contributed by atoms with Crippen LogP contribution in [0.25, 0.3) is 0 Å². The molecule has 0 aliphatic heterocycles. The first-order chi connectivity index (χ1) is 5.43. The Morgan fingerprint density at radius 2 is 1.92 bits per heavy atom. The molecule has 0 spiro atoms. The summed E-state index contributed by atoms with van der Waals surface area (Å²) in [5, 5.41) is 9.93. The van der Waals surface area contributed by atoms with Crippen LogP contribution in [0.1, 0.15) is 6.42 Å². The Morgan fingerprint density at radius 3 is 2.25 bits per heavy atom. The third kappa shape index (κ3) is 4.23. The SMILES string of the molecule is NC(=O)NC(=O)C[C@H](N)C(=O)O. The van der Waals surface area contributed by atoms with Crippen LogP contribution >= 0.6 is 0 Å². The number of aliphatic carboxylic acids is 1. The fourth-order valence-corrected chi connectivity index (χ4v) is 0.475. The van der Waals surface area contributed by atoms with E-state index >= 15 is 0 Å². The summed E-state index contributed by atoms with van der Waals surface area (Å²) in [6.07, 6.45) is -0.474. The van der Waals surface area contributed by atoms with Crippen molar-refractivity contribution in [2.75, 3.05) is 0 Å². The molecule has 0 saturated heterocycles. The molecule has 12 heavy (non-hydrogen) atoms. The topological polar surface area (TPSA) is 136 Å². The van der Waals surface area contributed by atoms with Crippen molar-refractivity contribution in [2.45, 2.75) is 12.5 Å². The lowest BCUT2D eigenvalue weighted by molar-refractivity contribution is -0.140. The van der Waals surface area contributed by atoms with Gasteiger partial charge in [0.05, 0.1) is 6.42 Å². The van der Waals surface area contributed by atoms with E-state index in [2.05, 4.69) is 5.73 Å². The first-order valence-electron chi connectivity index (χ1n) is 3.01. The number of urea groups is 1. The number of hydrogen-bond acceptors (Lipinski definition) is 4. The van der Waals surface area contributed by atoms with E-state index in [0.717, 1.165) is 0 Å². The second-order valence-corrected chi connectivity index (χ2v) is 2.06. The molecule has 0 heterocycles. The number of amides is 3. The van der Waals surface area contributed by atoms with Crippen LogP contribution < -0.4 is 16.8 Å². The number of carbonyl (C=O) groups excluding carboxylic acids is 2. The molecule has 0 bridgehead atoms. The van der Waals surface area contributed by atoms with Crippen LogP contribution in [0, 0.1) is 0 Å². The van der Waals surface area contributed by atoms with Crippen molar-refractivity contribution >= 4 is 17.9 Å². The molecular weight excluding hydrogens is 166 g/mol. The van der Waals surface area contributed by atoms with Gasteiger partial charge in [0.15, 0.2) is 0 Å². The molecule has 1 atom stereocenters. The molecule has 6 N–H and O–H groups in total. The highest BCUT2D eigenvalue weighted by atomic mass is 16.4.